The fraction of sp³-hybridized carbons (Fsp3) is 0.833. The molecule has 0 aliphatic rings. The summed E-state index contributed by atoms with van der Waals surface area (Å²) in [4.78, 5) is 25.1. The Morgan fingerprint density at radius 1 is 1.03 bits per heavy atom. The first kappa shape index (κ1) is 29.7. The van der Waals surface area contributed by atoms with Gasteiger partial charge in [0.2, 0.25) is 0 Å². The third kappa shape index (κ3) is 13.6. The van der Waals surface area contributed by atoms with Gasteiger partial charge in [-0.15, -0.1) is 0 Å². The number of ether oxygens (including phenoxy) is 1. The summed E-state index contributed by atoms with van der Waals surface area (Å²) in [6.45, 7) is 19.8. The van der Waals surface area contributed by atoms with Crippen LogP contribution in [-0.2, 0) is 14.0 Å². The van der Waals surface area contributed by atoms with Crippen LogP contribution in [0.15, 0.2) is 12.2 Å². The maximum Gasteiger partial charge on any atom is 0.410 e. The molecule has 7 heteroatoms. The number of aliphatic carboxylic acids is 1. The molecule has 0 aromatic rings. The summed E-state index contributed by atoms with van der Waals surface area (Å²) >= 11 is 0. The van der Waals surface area contributed by atoms with E-state index in [2.05, 4.69) is 46.9 Å². The Kier molecular flexibility index (Phi) is 12.7. The Labute approximate surface area is 191 Å². The molecular weight excluding hydrogens is 410 g/mol. The zero-order valence-corrected chi connectivity index (χ0v) is 22.4. The lowest BCUT2D eigenvalue weighted by Crippen LogP contribution is -2.46. The lowest BCUT2D eigenvalue weighted by molar-refractivity contribution is -0.137. The molecule has 0 saturated carbocycles. The topological polar surface area (TPSA) is 76.1 Å². The van der Waals surface area contributed by atoms with E-state index in [1.54, 1.807) is 4.90 Å². The molecule has 0 aromatic heterocycles. The number of carbonyl (C=O) groups excluding carboxylic acids is 1. The molecule has 182 valence electrons. The van der Waals surface area contributed by atoms with Crippen molar-refractivity contribution in [3.8, 4) is 0 Å². The zero-order chi connectivity index (χ0) is 24.3. The van der Waals surface area contributed by atoms with Gasteiger partial charge < -0.3 is 19.2 Å². The van der Waals surface area contributed by atoms with Crippen molar-refractivity contribution in [3.05, 3.63) is 12.2 Å². The normalized spacial score (nSPS) is 14.0. The minimum Gasteiger partial charge on any atom is -0.481 e. The average Bonchev–Trinajstić information content (AvgIpc) is 2.57. The molecule has 0 heterocycles. The third-order valence-electron chi connectivity index (χ3n) is 5.68. The molecule has 0 spiro atoms. The second kappa shape index (κ2) is 13.3. The Hall–Kier alpha value is -1.34. The predicted molar refractivity (Wildman–Crippen MR) is 130 cm³/mol. The number of hydrogen-bond acceptors (Lipinski definition) is 4. The highest BCUT2D eigenvalue weighted by molar-refractivity contribution is 6.74. The third-order valence-corrected chi connectivity index (χ3v) is 10.2. The van der Waals surface area contributed by atoms with Crippen LogP contribution in [0.25, 0.3) is 0 Å². The maximum absolute atomic E-state index is 12.8. The highest BCUT2D eigenvalue weighted by atomic mass is 28.4. The summed E-state index contributed by atoms with van der Waals surface area (Å²) < 4.78 is 11.9. The van der Waals surface area contributed by atoms with E-state index in [0.717, 1.165) is 25.7 Å². The van der Waals surface area contributed by atoms with Gasteiger partial charge in [-0.05, 0) is 77.9 Å². The number of nitrogens with zero attached hydrogens (tertiary/aromatic N) is 1. The monoisotopic (exact) mass is 457 g/mol. The van der Waals surface area contributed by atoms with Gasteiger partial charge in [0.25, 0.3) is 0 Å². The van der Waals surface area contributed by atoms with E-state index in [-0.39, 0.29) is 23.6 Å². The van der Waals surface area contributed by atoms with Gasteiger partial charge in [-0.1, -0.05) is 32.9 Å². The van der Waals surface area contributed by atoms with E-state index >= 15 is 0 Å². The van der Waals surface area contributed by atoms with Gasteiger partial charge in [-0.25, -0.2) is 4.79 Å². The maximum atomic E-state index is 12.8. The minimum atomic E-state index is -1.87. The van der Waals surface area contributed by atoms with E-state index in [1.165, 1.54) is 0 Å². The second-order valence-electron chi connectivity index (χ2n) is 10.8. The summed E-state index contributed by atoms with van der Waals surface area (Å²) in [5, 5.41) is 8.79. The molecule has 0 aliphatic carbocycles. The van der Waals surface area contributed by atoms with Gasteiger partial charge in [-0.2, -0.15) is 0 Å². The van der Waals surface area contributed by atoms with E-state index in [0.29, 0.717) is 19.6 Å². The number of carboxylic acid groups (broad SMARTS) is 1. The summed E-state index contributed by atoms with van der Waals surface area (Å²) in [6, 6.07) is 0.0540. The second-order valence-corrected chi connectivity index (χ2v) is 15.6. The molecule has 0 aromatic carbocycles. The SMILES string of the molecule is CC(CCCC=CCCCC(=O)O)N(CCO[Si](C)(C)C(C)(C)C)C(=O)OC(C)(C)C. The number of carbonyl (C=O) groups is 2. The quantitative estimate of drug-likeness (QED) is 0.191. The summed E-state index contributed by atoms with van der Waals surface area (Å²) in [6.07, 6.45) is 8.28. The van der Waals surface area contributed by atoms with E-state index in [9.17, 15) is 9.59 Å². The molecule has 0 rings (SSSR count). The van der Waals surface area contributed by atoms with E-state index < -0.39 is 19.9 Å². The van der Waals surface area contributed by atoms with Crippen molar-refractivity contribution >= 4 is 20.4 Å². The van der Waals surface area contributed by atoms with Crippen LogP contribution in [0.2, 0.25) is 18.1 Å². The van der Waals surface area contributed by atoms with Crippen LogP contribution in [0, 0.1) is 0 Å². The number of carboxylic acids is 1. The highest BCUT2D eigenvalue weighted by Gasteiger charge is 2.37. The number of rotatable bonds is 13. The first-order valence-electron chi connectivity index (χ1n) is 11.6. The molecule has 0 fully saturated rings. The molecule has 31 heavy (non-hydrogen) atoms. The summed E-state index contributed by atoms with van der Waals surface area (Å²) in [7, 11) is -1.87. The number of amides is 1. The van der Waals surface area contributed by atoms with Crippen LogP contribution in [-0.4, -0.2) is 55.2 Å². The van der Waals surface area contributed by atoms with Gasteiger partial charge in [0.15, 0.2) is 8.32 Å². The first-order chi connectivity index (χ1) is 14.1. The van der Waals surface area contributed by atoms with Crippen molar-refractivity contribution in [2.24, 2.45) is 0 Å². The van der Waals surface area contributed by atoms with Crippen LogP contribution in [0.3, 0.4) is 0 Å². The Balaban J connectivity index is 4.73. The lowest BCUT2D eigenvalue weighted by atomic mass is 10.1. The van der Waals surface area contributed by atoms with Crippen molar-refractivity contribution in [2.75, 3.05) is 13.2 Å². The van der Waals surface area contributed by atoms with Crippen LogP contribution in [0.5, 0.6) is 0 Å². The van der Waals surface area contributed by atoms with Gasteiger partial charge in [-0.3, -0.25) is 4.79 Å². The molecule has 0 bridgehead atoms. The Morgan fingerprint density at radius 2 is 1.58 bits per heavy atom. The molecule has 1 unspecified atom stereocenters. The van der Waals surface area contributed by atoms with E-state index in [1.807, 2.05) is 26.8 Å². The average molecular weight is 458 g/mol. The van der Waals surface area contributed by atoms with E-state index in [4.69, 9.17) is 14.3 Å². The molecule has 1 atom stereocenters. The molecule has 0 radical (unpaired) electrons. The summed E-state index contributed by atoms with van der Waals surface area (Å²) in [5.41, 5.74) is -0.534. The fourth-order valence-electron chi connectivity index (χ4n) is 2.72. The molecule has 0 saturated heterocycles. The summed E-state index contributed by atoms with van der Waals surface area (Å²) in [5.74, 6) is -0.748. The molecule has 1 amide bonds. The zero-order valence-electron chi connectivity index (χ0n) is 21.4. The largest absolute Gasteiger partial charge is 0.481 e. The van der Waals surface area contributed by atoms with Gasteiger partial charge in [0.1, 0.15) is 5.60 Å². The van der Waals surface area contributed by atoms with Crippen LogP contribution < -0.4 is 0 Å². The number of unbranched alkanes of at least 4 members (excludes halogenated alkanes) is 2. The van der Waals surface area contributed by atoms with Crippen LogP contribution in [0.4, 0.5) is 4.79 Å². The number of hydrogen-bond donors (Lipinski definition) is 1. The molecule has 0 aliphatic heterocycles. The smallest absolute Gasteiger partial charge is 0.410 e. The van der Waals surface area contributed by atoms with Crippen LogP contribution in [0.1, 0.15) is 87.0 Å². The van der Waals surface area contributed by atoms with Crippen molar-refractivity contribution in [3.63, 3.8) is 0 Å². The highest BCUT2D eigenvalue weighted by Crippen LogP contribution is 2.36. The lowest BCUT2D eigenvalue weighted by Gasteiger charge is -2.37. The molecule has 1 N–H and O–H groups in total. The van der Waals surface area contributed by atoms with Crippen molar-refractivity contribution in [1.82, 2.24) is 4.90 Å². The van der Waals surface area contributed by atoms with Crippen molar-refractivity contribution < 1.29 is 23.9 Å². The van der Waals surface area contributed by atoms with Gasteiger partial charge in [0.05, 0.1) is 6.61 Å². The van der Waals surface area contributed by atoms with Crippen molar-refractivity contribution in [2.45, 2.75) is 117 Å². The van der Waals surface area contributed by atoms with Gasteiger partial charge in [0, 0.05) is 19.0 Å². The first-order valence-corrected chi connectivity index (χ1v) is 14.5. The molecule has 6 nitrogen and oxygen atoms in total. The Bertz CT molecular complexity index is 575. The Morgan fingerprint density at radius 3 is 2.06 bits per heavy atom. The van der Waals surface area contributed by atoms with Gasteiger partial charge >= 0.3 is 12.1 Å². The molecular formula is C24H47NO5Si. The minimum absolute atomic E-state index is 0.0540. The standard InChI is InChI=1S/C24H47NO5Si/c1-20(16-14-12-10-11-13-15-17-21(26)27)25(22(28)30-23(2,3)4)18-19-29-31(8,9)24(5,6)7/h10-11,20H,12-19H2,1-9H3,(H,26,27). The van der Waals surface area contributed by atoms with Crippen LogP contribution >= 0.6 is 0 Å². The van der Waals surface area contributed by atoms with Crippen molar-refractivity contribution in [1.29, 1.82) is 0 Å². The predicted octanol–water partition coefficient (Wildman–Crippen LogP) is 6.62. The fourth-order valence-corrected chi connectivity index (χ4v) is 3.76. The number of allylic oxidation sites excluding steroid dienone is 2.